The molecule has 0 amide bonds. The van der Waals surface area contributed by atoms with Crippen LogP contribution in [0.1, 0.15) is 55.2 Å². The first kappa shape index (κ1) is 23.3. The third-order valence-corrected chi connectivity index (χ3v) is 9.83. The molecule has 1 spiro atoms. The van der Waals surface area contributed by atoms with Crippen LogP contribution in [0.5, 0.6) is 11.5 Å². The fraction of sp³-hybridized carbons (Fsp3) is 0.500. The smallest absolute Gasteiger partial charge is 0.165 e. The molecule has 3 fully saturated rings. The average Bonchev–Trinajstić information content (AvgIpc) is 3.06. The van der Waals surface area contributed by atoms with Gasteiger partial charge in [-0.1, -0.05) is 30.7 Å². The standard InChI is InChI=1S/C21H27NO4.C9H8N2/c23-14-5-4-13-10-16-21(25)7-6-15(24)19-20(21,17(13)18(14)26-19)8-9-22(16)11-12-2-1-3-12;1-2-4-9-8(3-1)7-10-5-6-11-9/h4-5,12,15-16,19,23-25H,1-3,6-11H2;1-7,11H/t15-,16+,19-,20-,21+;/m0./s1. The summed E-state index contributed by atoms with van der Waals surface area (Å²) in [7, 11) is 0. The first-order valence-electron chi connectivity index (χ1n) is 13.7. The highest BCUT2D eigenvalue weighted by atomic mass is 16.5. The molecule has 3 aliphatic carbocycles. The summed E-state index contributed by atoms with van der Waals surface area (Å²) in [4.78, 5) is 6.57. The van der Waals surface area contributed by atoms with Crippen LogP contribution >= 0.6 is 0 Å². The van der Waals surface area contributed by atoms with E-state index in [1.165, 1.54) is 24.8 Å². The fourth-order valence-corrected chi connectivity index (χ4v) is 7.86. The predicted molar refractivity (Wildman–Crippen MR) is 142 cm³/mol. The van der Waals surface area contributed by atoms with Crippen LogP contribution in [0.25, 0.3) is 0 Å². The van der Waals surface area contributed by atoms with Crippen molar-refractivity contribution in [1.82, 2.24) is 4.90 Å². The summed E-state index contributed by atoms with van der Waals surface area (Å²) in [5, 5.41) is 36.3. The number of anilines is 1. The van der Waals surface area contributed by atoms with E-state index in [0.29, 0.717) is 18.6 Å². The van der Waals surface area contributed by atoms with E-state index in [9.17, 15) is 15.3 Å². The number of aliphatic hydroxyl groups is 2. The van der Waals surface area contributed by atoms with Gasteiger partial charge in [0.1, 0.15) is 6.10 Å². The van der Waals surface area contributed by atoms with Crippen LogP contribution in [0, 0.1) is 5.92 Å². The number of benzene rings is 2. The minimum atomic E-state index is -0.884. The lowest BCUT2D eigenvalue weighted by molar-refractivity contribution is -0.209. The van der Waals surface area contributed by atoms with Crippen molar-refractivity contribution in [2.24, 2.45) is 10.9 Å². The van der Waals surface area contributed by atoms with Crippen LogP contribution < -0.4 is 10.1 Å². The fourth-order valence-electron chi connectivity index (χ4n) is 7.86. The molecule has 5 atom stereocenters. The van der Waals surface area contributed by atoms with E-state index >= 15 is 0 Å². The minimum Gasteiger partial charge on any atom is -0.504 e. The Morgan fingerprint density at radius 3 is 2.81 bits per heavy atom. The zero-order valence-electron chi connectivity index (χ0n) is 21.0. The number of hydrogen-bond donors (Lipinski definition) is 4. The molecule has 0 unspecified atom stereocenters. The number of phenolic OH excluding ortho intramolecular Hbond substituents is 1. The van der Waals surface area contributed by atoms with Crippen molar-refractivity contribution in [1.29, 1.82) is 0 Å². The van der Waals surface area contributed by atoms with Crippen LogP contribution in [-0.4, -0.2) is 63.4 Å². The van der Waals surface area contributed by atoms with Crippen LogP contribution in [0.15, 0.2) is 53.8 Å². The minimum absolute atomic E-state index is 0.0819. The van der Waals surface area contributed by atoms with Crippen molar-refractivity contribution in [3.63, 3.8) is 0 Å². The average molecular weight is 502 g/mol. The Bertz CT molecular complexity index is 1270. The van der Waals surface area contributed by atoms with Gasteiger partial charge in [0.2, 0.25) is 0 Å². The van der Waals surface area contributed by atoms with E-state index in [2.05, 4.69) is 15.2 Å². The van der Waals surface area contributed by atoms with E-state index in [1.54, 1.807) is 12.3 Å². The summed E-state index contributed by atoms with van der Waals surface area (Å²) in [6.07, 6.45) is 11.1. The van der Waals surface area contributed by atoms with Crippen molar-refractivity contribution in [3.8, 4) is 11.5 Å². The van der Waals surface area contributed by atoms with E-state index in [1.807, 2.05) is 42.7 Å². The first-order chi connectivity index (χ1) is 18.0. The Labute approximate surface area is 217 Å². The highest BCUT2D eigenvalue weighted by molar-refractivity contribution is 5.88. The molecule has 2 aromatic rings. The molecule has 3 aliphatic heterocycles. The predicted octanol–water partition coefficient (Wildman–Crippen LogP) is 3.71. The van der Waals surface area contributed by atoms with Gasteiger partial charge < -0.3 is 25.4 Å². The molecule has 7 heteroatoms. The highest BCUT2D eigenvalue weighted by Crippen LogP contribution is 2.65. The number of para-hydroxylation sites is 1. The lowest BCUT2D eigenvalue weighted by atomic mass is 9.48. The SMILES string of the molecule is C1=CNc2ccccc2C=N1.Oc1ccc2c3c1O[C@H]1[C@@H](O)CC[C@@]4(O)[C@@H](C2)N(CC2CCC2)CC[C@]314. The van der Waals surface area contributed by atoms with Gasteiger partial charge in [-0.2, -0.15) is 0 Å². The number of piperidine rings is 1. The third-order valence-electron chi connectivity index (χ3n) is 9.83. The van der Waals surface area contributed by atoms with Gasteiger partial charge in [0.25, 0.3) is 0 Å². The molecule has 37 heavy (non-hydrogen) atoms. The number of hydrogen-bond acceptors (Lipinski definition) is 7. The Balaban J connectivity index is 0.000000176. The lowest BCUT2D eigenvalue weighted by Crippen LogP contribution is -2.77. The van der Waals surface area contributed by atoms with Gasteiger partial charge >= 0.3 is 0 Å². The molecule has 2 aromatic carbocycles. The van der Waals surface area contributed by atoms with Crippen molar-refractivity contribution >= 4 is 11.9 Å². The molecule has 0 aromatic heterocycles. The summed E-state index contributed by atoms with van der Waals surface area (Å²) >= 11 is 0. The second-order valence-corrected chi connectivity index (χ2v) is 11.6. The molecular weight excluding hydrogens is 466 g/mol. The lowest BCUT2D eigenvalue weighted by Gasteiger charge is -2.64. The van der Waals surface area contributed by atoms with Crippen molar-refractivity contribution < 1.29 is 20.1 Å². The summed E-state index contributed by atoms with van der Waals surface area (Å²) in [5.74, 6) is 1.42. The molecule has 2 saturated carbocycles. The van der Waals surface area contributed by atoms with Crippen molar-refractivity contribution in [2.75, 3.05) is 18.4 Å². The normalized spacial score (nSPS) is 34.6. The van der Waals surface area contributed by atoms with Crippen LogP contribution in [0.4, 0.5) is 5.69 Å². The molecule has 8 rings (SSSR count). The van der Waals surface area contributed by atoms with Crippen LogP contribution in [0.2, 0.25) is 0 Å². The second-order valence-electron chi connectivity index (χ2n) is 11.6. The van der Waals surface area contributed by atoms with E-state index in [0.717, 1.165) is 48.7 Å². The maximum atomic E-state index is 12.1. The Hall–Kier alpha value is -2.87. The summed E-state index contributed by atoms with van der Waals surface area (Å²) in [5.41, 5.74) is 2.94. The Morgan fingerprint density at radius 2 is 1.97 bits per heavy atom. The molecular formula is C30H35N3O4. The maximum absolute atomic E-state index is 12.1. The van der Waals surface area contributed by atoms with Crippen LogP contribution in [0.3, 0.4) is 0 Å². The number of rotatable bonds is 2. The zero-order valence-corrected chi connectivity index (χ0v) is 21.0. The first-order valence-corrected chi connectivity index (χ1v) is 13.7. The molecule has 194 valence electrons. The van der Waals surface area contributed by atoms with Gasteiger partial charge in [-0.25, -0.2) is 0 Å². The molecule has 7 nitrogen and oxygen atoms in total. The monoisotopic (exact) mass is 501 g/mol. The molecule has 2 bridgehead atoms. The quantitative estimate of drug-likeness (QED) is 0.501. The van der Waals surface area contributed by atoms with Gasteiger partial charge in [0, 0.05) is 48.0 Å². The Morgan fingerprint density at radius 1 is 1.11 bits per heavy atom. The van der Waals surface area contributed by atoms with Gasteiger partial charge in [-0.05, 0) is 68.7 Å². The number of fused-ring (bicyclic) bond motifs is 1. The molecule has 0 radical (unpaired) electrons. The van der Waals surface area contributed by atoms with E-state index in [4.69, 9.17) is 4.74 Å². The molecule has 3 heterocycles. The molecule has 6 aliphatic rings. The third kappa shape index (κ3) is 3.33. The number of aliphatic hydroxyl groups excluding tert-OH is 1. The highest BCUT2D eigenvalue weighted by Gasteiger charge is 2.72. The number of nitrogens with zero attached hydrogens (tertiary/aromatic N) is 2. The number of aliphatic imine (C=N–C) groups is 1. The number of nitrogens with one attached hydrogen (secondary N) is 1. The zero-order chi connectivity index (χ0) is 25.2. The molecule has 1 saturated heterocycles. The number of likely N-dealkylation sites (tertiary alicyclic amines) is 1. The summed E-state index contributed by atoms with van der Waals surface area (Å²) in [6.45, 7) is 2.02. The number of phenols is 1. The summed E-state index contributed by atoms with van der Waals surface area (Å²) in [6, 6.07) is 11.8. The molecule has 4 N–H and O–H groups in total. The van der Waals surface area contributed by atoms with Gasteiger partial charge in [-0.3, -0.25) is 9.89 Å². The van der Waals surface area contributed by atoms with Crippen molar-refractivity contribution in [2.45, 2.75) is 74.2 Å². The van der Waals surface area contributed by atoms with E-state index < -0.39 is 23.2 Å². The van der Waals surface area contributed by atoms with Gasteiger partial charge in [-0.15, -0.1) is 0 Å². The van der Waals surface area contributed by atoms with Crippen molar-refractivity contribution in [3.05, 3.63) is 65.5 Å². The maximum Gasteiger partial charge on any atom is 0.165 e. The van der Waals surface area contributed by atoms with Gasteiger partial charge in [0.15, 0.2) is 11.5 Å². The van der Waals surface area contributed by atoms with E-state index in [-0.39, 0.29) is 11.8 Å². The largest absolute Gasteiger partial charge is 0.504 e. The second kappa shape index (κ2) is 8.58. The number of aromatic hydroxyl groups is 1. The topological polar surface area (TPSA) is 97.6 Å². The number of ether oxygens (including phenoxy) is 1. The van der Waals surface area contributed by atoms with Crippen LogP contribution in [-0.2, 0) is 11.8 Å². The Kier molecular flexibility index (Phi) is 5.40. The summed E-state index contributed by atoms with van der Waals surface area (Å²) < 4.78 is 6.16. The van der Waals surface area contributed by atoms with Gasteiger partial charge in [0.05, 0.1) is 17.1 Å².